The number of benzene rings is 2. The number of unbranched alkanes of at least 4 members (excludes halogenated alkanes) is 28. The van der Waals surface area contributed by atoms with Crippen molar-refractivity contribution >= 4 is 23.2 Å². The first-order valence-corrected chi connectivity index (χ1v) is 25.9. The molecule has 0 aromatic heterocycles. The summed E-state index contributed by atoms with van der Waals surface area (Å²) < 4.78 is 52.4. The molecular formula is C58H86F4N2O2Ti. The molecule has 0 aliphatic carbocycles. The fraction of sp³-hybridized carbons (Fsp3) is 0.586. The van der Waals surface area contributed by atoms with E-state index in [1.807, 2.05) is 72.8 Å². The van der Waals surface area contributed by atoms with Crippen molar-refractivity contribution < 1.29 is 48.9 Å². The van der Waals surface area contributed by atoms with E-state index in [-0.39, 0.29) is 44.9 Å². The number of nitrogens with one attached hydrogen (secondary N) is 2. The third kappa shape index (κ3) is 41.2. The quantitative estimate of drug-likeness (QED) is 0.0212. The first-order valence-electron chi connectivity index (χ1n) is 25.9. The normalized spacial score (nSPS) is 10.4. The Morgan fingerprint density at radius 3 is 0.851 bits per heavy atom. The van der Waals surface area contributed by atoms with Crippen molar-refractivity contribution in [3.8, 4) is 0 Å². The van der Waals surface area contributed by atoms with Crippen LogP contribution in [0.1, 0.15) is 219 Å². The van der Waals surface area contributed by atoms with Gasteiger partial charge in [-0.3, -0.25) is 9.59 Å². The zero-order chi connectivity index (χ0) is 48.0. The van der Waals surface area contributed by atoms with Gasteiger partial charge in [-0.05, 0) is 24.2 Å². The van der Waals surface area contributed by atoms with Gasteiger partial charge < -0.3 is 10.6 Å². The molecule has 4 nitrogen and oxygen atoms in total. The summed E-state index contributed by atoms with van der Waals surface area (Å²) in [6.45, 7) is 4.52. The molecule has 2 amide bonds. The van der Waals surface area contributed by atoms with Crippen molar-refractivity contribution in [2.75, 3.05) is 10.6 Å². The van der Waals surface area contributed by atoms with Crippen LogP contribution in [0.15, 0.2) is 84.9 Å². The van der Waals surface area contributed by atoms with E-state index in [1.54, 1.807) is 0 Å². The van der Waals surface area contributed by atoms with E-state index in [4.69, 9.17) is 0 Å². The van der Waals surface area contributed by atoms with E-state index >= 15 is 0 Å². The largest absolute Gasteiger partial charge is 4.00 e. The van der Waals surface area contributed by atoms with Gasteiger partial charge in [0.05, 0.1) is 0 Å². The van der Waals surface area contributed by atoms with Gasteiger partial charge in [0.1, 0.15) is 0 Å². The zero-order valence-corrected chi connectivity index (χ0v) is 43.1. The second kappa shape index (κ2) is 47.6. The number of rotatable bonds is 34. The molecule has 0 spiro atoms. The Morgan fingerprint density at radius 2 is 0.642 bits per heavy atom. The van der Waals surface area contributed by atoms with E-state index in [1.165, 1.54) is 166 Å². The summed E-state index contributed by atoms with van der Waals surface area (Å²) >= 11 is 0. The second-order valence-electron chi connectivity index (χ2n) is 17.5. The Labute approximate surface area is 420 Å². The summed E-state index contributed by atoms with van der Waals surface area (Å²) in [6.07, 6.45) is 39.1. The standard InChI is InChI=1S/2C24H38F2NO.2C5H5.Ti/c2*1-2-3-4-5-6-7-8-9-10-11-12-13-14-15-16-17-24(28)27-23-19-18-21(25)20-22(23)26;2*1-2-4-5-3-1;/h2*18-19H,2-17H2,1H3,(H,27,28);2*1-5H;/q4*-1;+4. The zero-order valence-electron chi connectivity index (χ0n) is 41.5. The molecule has 0 unspecified atom stereocenters. The van der Waals surface area contributed by atoms with Gasteiger partial charge in [-0.15, -0.1) is 36.4 Å². The number of anilines is 2. The summed E-state index contributed by atoms with van der Waals surface area (Å²) in [7, 11) is 0. The molecule has 0 aliphatic heterocycles. The number of carbonyl (C=O) groups is 2. The molecule has 0 aliphatic rings. The Kier molecular flexibility index (Phi) is 45.1. The second-order valence-corrected chi connectivity index (χ2v) is 17.5. The molecule has 0 bridgehead atoms. The van der Waals surface area contributed by atoms with E-state index in [0.717, 1.165) is 50.7 Å². The molecule has 4 rings (SSSR count). The van der Waals surface area contributed by atoms with Gasteiger partial charge in [0, 0.05) is 36.1 Å². The molecule has 0 saturated carbocycles. The van der Waals surface area contributed by atoms with Crippen LogP contribution in [0, 0.1) is 35.4 Å². The van der Waals surface area contributed by atoms with Crippen LogP contribution in [-0.2, 0) is 31.3 Å². The Hall–Kier alpha value is -3.49. The molecular weight excluding hydrogens is 881 g/mol. The van der Waals surface area contributed by atoms with Crippen LogP contribution in [0.3, 0.4) is 0 Å². The minimum absolute atomic E-state index is 0. The molecule has 4 aromatic rings. The van der Waals surface area contributed by atoms with Crippen LogP contribution in [0.4, 0.5) is 28.9 Å². The molecule has 4 aromatic carbocycles. The molecule has 372 valence electrons. The van der Waals surface area contributed by atoms with Crippen molar-refractivity contribution in [2.45, 2.75) is 219 Å². The average Bonchev–Trinajstić information content (AvgIpc) is 4.10. The van der Waals surface area contributed by atoms with Crippen LogP contribution in [0.5, 0.6) is 0 Å². The maximum atomic E-state index is 13.4. The third-order valence-electron chi connectivity index (χ3n) is 11.4. The SMILES string of the molecule is CCCCCCCCCCCCCCCCCC(=O)Nc1ccc(F)[c-]c1F.CCCCCCCCCCCCCCCCCC(=O)Nc1ccc(F)[c-]c1F.[Ti+4].c1cc[cH-]c1.c1cc[cH-]c1. The van der Waals surface area contributed by atoms with E-state index < -0.39 is 23.3 Å². The number of halogens is 4. The fourth-order valence-electron chi connectivity index (χ4n) is 7.46. The maximum Gasteiger partial charge on any atom is 4.00 e. The van der Waals surface area contributed by atoms with Crippen LogP contribution in [-0.4, -0.2) is 11.8 Å². The van der Waals surface area contributed by atoms with Crippen molar-refractivity contribution in [3.05, 3.63) is 120 Å². The van der Waals surface area contributed by atoms with Crippen molar-refractivity contribution in [2.24, 2.45) is 0 Å². The van der Waals surface area contributed by atoms with Gasteiger partial charge in [0.25, 0.3) is 0 Å². The summed E-state index contributed by atoms with van der Waals surface area (Å²) in [5, 5.41) is 4.95. The van der Waals surface area contributed by atoms with E-state index in [0.29, 0.717) is 12.8 Å². The third-order valence-corrected chi connectivity index (χ3v) is 11.4. The number of amides is 2. The van der Waals surface area contributed by atoms with Crippen LogP contribution < -0.4 is 10.6 Å². The van der Waals surface area contributed by atoms with Gasteiger partial charge in [-0.25, -0.2) is 41.8 Å². The molecule has 0 atom stereocenters. The van der Waals surface area contributed by atoms with E-state index in [2.05, 4.69) is 24.5 Å². The number of hydrogen-bond donors (Lipinski definition) is 2. The van der Waals surface area contributed by atoms with Gasteiger partial charge in [0.2, 0.25) is 11.8 Å². The van der Waals surface area contributed by atoms with Gasteiger partial charge in [0.15, 0.2) is 0 Å². The summed E-state index contributed by atoms with van der Waals surface area (Å²) in [6, 6.07) is 28.5. The molecule has 0 saturated heterocycles. The first kappa shape index (κ1) is 63.5. The predicted molar refractivity (Wildman–Crippen MR) is 271 cm³/mol. The van der Waals surface area contributed by atoms with E-state index in [9.17, 15) is 27.2 Å². The van der Waals surface area contributed by atoms with Crippen LogP contribution in [0.25, 0.3) is 0 Å². The van der Waals surface area contributed by atoms with Crippen molar-refractivity contribution in [3.63, 3.8) is 0 Å². The molecule has 9 heteroatoms. The molecule has 0 fully saturated rings. The molecule has 0 radical (unpaired) electrons. The predicted octanol–water partition coefficient (Wildman–Crippen LogP) is 18.7. The Bertz CT molecular complexity index is 1490. The fourth-order valence-corrected chi connectivity index (χ4v) is 7.46. The topological polar surface area (TPSA) is 58.2 Å². The molecule has 67 heavy (non-hydrogen) atoms. The molecule has 2 N–H and O–H groups in total. The number of hydrogen-bond acceptors (Lipinski definition) is 2. The van der Waals surface area contributed by atoms with Gasteiger partial charge in [-0.1, -0.05) is 194 Å². The minimum atomic E-state index is -0.857. The minimum Gasteiger partial charge on any atom is -0.377 e. The number of carbonyl (C=O) groups excluding carboxylic acids is 2. The summed E-state index contributed by atoms with van der Waals surface area (Å²) in [4.78, 5) is 23.6. The summed E-state index contributed by atoms with van der Waals surface area (Å²) in [5.41, 5.74) is -0.0141. The van der Waals surface area contributed by atoms with Crippen molar-refractivity contribution in [1.29, 1.82) is 0 Å². The van der Waals surface area contributed by atoms with Gasteiger partial charge >= 0.3 is 21.7 Å². The van der Waals surface area contributed by atoms with Crippen LogP contribution in [0.2, 0.25) is 0 Å². The van der Waals surface area contributed by atoms with Gasteiger partial charge in [-0.2, -0.15) is 36.4 Å². The molecule has 0 heterocycles. The maximum absolute atomic E-state index is 13.4. The average molecular weight is 967 g/mol. The smallest absolute Gasteiger partial charge is 0.377 e. The van der Waals surface area contributed by atoms with Crippen molar-refractivity contribution in [1.82, 2.24) is 0 Å². The Morgan fingerprint density at radius 1 is 0.403 bits per heavy atom. The Balaban J connectivity index is 0.00000105. The monoisotopic (exact) mass is 967 g/mol. The first-order chi connectivity index (χ1) is 32.3. The summed E-state index contributed by atoms with van der Waals surface area (Å²) in [5.74, 6) is -3.70. The van der Waals surface area contributed by atoms with Crippen LogP contribution >= 0.6 is 0 Å².